The van der Waals surface area contributed by atoms with Crippen molar-refractivity contribution in [2.24, 2.45) is 11.8 Å². The maximum Gasteiger partial charge on any atom is 0.310 e. The summed E-state index contributed by atoms with van der Waals surface area (Å²) in [6, 6.07) is 14.7. The Morgan fingerprint density at radius 2 is 1.00 bits per heavy atom. The van der Waals surface area contributed by atoms with Gasteiger partial charge in [-0.25, -0.2) is 0 Å². The molecule has 136 valence electrons. The van der Waals surface area contributed by atoms with Crippen LogP contribution in [-0.4, -0.2) is 26.2 Å². The van der Waals surface area contributed by atoms with E-state index in [2.05, 4.69) is 0 Å². The third-order valence-electron chi connectivity index (χ3n) is 5.14. The highest BCUT2D eigenvalue weighted by Crippen LogP contribution is 2.58. The van der Waals surface area contributed by atoms with Crippen LogP contribution >= 0.6 is 0 Å². The molecular formula is C20H22N2O4. The molecule has 4 atom stereocenters. The van der Waals surface area contributed by atoms with Gasteiger partial charge in [0.2, 0.25) is 0 Å². The van der Waals surface area contributed by atoms with Crippen LogP contribution in [0.1, 0.15) is 23.0 Å². The molecule has 6 heteroatoms. The molecule has 26 heavy (non-hydrogen) atoms. The minimum absolute atomic E-state index is 0.212. The van der Waals surface area contributed by atoms with Gasteiger partial charge in [-0.15, -0.1) is 0 Å². The Morgan fingerprint density at radius 1 is 0.692 bits per heavy atom. The average molecular weight is 354 g/mol. The highest BCUT2D eigenvalue weighted by Gasteiger charge is 2.59. The summed E-state index contributed by atoms with van der Waals surface area (Å²) in [5.74, 6) is -2.49. The zero-order valence-electron chi connectivity index (χ0n) is 14.7. The molecular weight excluding hydrogens is 332 g/mol. The first-order chi connectivity index (χ1) is 12.5. The summed E-state index contributed by atoms with van der Waals surface area (Å²) in [5.41, 5.74) is 14.7. The Labute approximate surface area is 152 Å². The lowest BCUT2D eigenvalue weighted by Crippen LogP contribution is -2.52. The number of hydrogen-bond acceptors (Lipinski definition) is 6. The first-order valence-corrected chi connectivity index (χ1v) is 8.34. The average Bonchev–Trinajstić information content (AvgIpc) is 2.63. The Hall–Kier alpha value is -3.02. The summed E-state index contributed by atoms with van der Waals surface area (Å²) in [7, 11) is 2.65. The van der Waals surface area contributed by atoms with Crippen molar-refractivity contribution in [2.45, 2.75) is 11.8 Å². The highest BCUT2D eigenvalue weighted by atomic mass is 16.5. The molecule has 1 aliphatic rings. The van der Waals surface area contributed by atoms with E-state index in [9.17, 15) is 9.59 Å². The predicted octanol–water partition coefficient (Wildman–Crippen LogP) is 2.31. The number of nitrogen functional groups attached to an aromatic ring is 2. The smallest absolute Gasteiger partial charge is 0.310 e. The first-order valence-electron chi connectivity index (χ1n) is 8.34. The number of nitrogens with two attached hydrogens (primary N) is 2. The Bertz CT molecular complexity index is 732. The molecule has 0 aromatic heterocycles. The van der Waals surface area contributed by atoms with E-state index in [-0.39, 0.29) is 11.8 Å². The number of carbonyl (C=O) groups excluding carboxylic acids is 2. The molecule has 2 aromatic carbocycles. The number of rotatable bonds is 4. The van der Waals surface area contributed by atoms with Crippen LogP contribution in [0.5, 0.6) is 0 Å². The van der Waals surface area contributed by atoms with Gasteiger partial charge in [0.1, 0.15) is 0 Å². The molecule has 4 N–H and O–H groups in total. The van der Waals surface area contributed by atoms with Crippen LogP contribution in [0.2, 0.25) is 0 Å². The Morgan fingerprint density at radius 3 is 1.27 bits per heavy atom. The van der Waals surface area contributed by atoms with Crippen LogP contribution in [0, 0.1) is 11.8 Å². The molecule has 1 aliphatic carbocycles. The van der Waals surface area contributed by atoms with Gasteiger partial charge in [-0.3, -0.25) is 9.59 Å². The van der Waals surface area contributed by atoms with Gasteiger partial charge >= 0.3 is 11.9 Å². The van der Waals surface area contributed by atoms with Crippen molar-refractivity contribution >= 4 is 23.3 Å². The minimum Gasteiger partial charge on any atom is -0.469 e. The largest absolute Gasteiger partial charge is 0.469 e. The maximum atomic E-state index is 12.4. The zero-order valence-corrected chi connectivity index (χ0v) is 14.7. The summed E-state index contributed by atoms with van der Waals surface area (Å²) in [5, 5.41) is 0. The van der Waals surface area contributed by atoms with E-state index in [1.54, 1.807) is 24.3 Å². The molecule has 1 saturated carbocycles. The van der Waals surface area contributed by atoms with Gasteiger partial charge in [0, 0.05) is 23.2 Å². The molecule has 0 saturated heterocycles. The normalized spacial score (nSPS) is 24.4. The van der Waals surface area contributed by atoms with Gasteiger partial charge < -0.3 is 20.9 Å². The molecule has 6 nitrogen and oxygen atoms in total. The second kappa shape index (κ2) is 7.07. The van der Waals surface area contributed by atoms with Crippen LogP contribution in [0.25, 0.3) is 0 Å². The number of benzene rings is 2. The molecule has 0 heterocycles. The molecule has 0 aliphatic heterocycles. The summed E-state index contributed by atoms with van der Waals surface area (Å²) in [6.45, 7) is 0. The predicted molar refractivity (Wildman–Crippen MR) is 98.2 cm³/mol. The topological polar surface area (TPSA) is 105 Å². The van der Waals surface area contributed by atoms with Gasteiger partial charge in [-0.1, -0.05) is 24.3 Å². The molecule has 1 fully saturated rings. The fourth-order valence-electron chi connectivity index (χ4n) is 3.87. The fourth-order valence-corrected chi connectivity index (χ4v) is 3.87. The summed E-state index contributed by atoms with van der Waals surface area (Å²) >= 11 is 0. The second-order valence-electron chi connectivity index (χ2n) is 6.48. The third kappa shape index (κ3) is 2.98. The van der Waals surface area contributed by atoms with Crippen LogP contribution in [0.4, 0.5) is 11.4 Å². The van der Waals surface area contributed by atoms with Gasteiger partial charge in [0.05, 0.1) is 26.1 Å². The van der Waals surface area contributed by atoms with Crippen molar-refractivity contribution in [3.63, 3.8) is 0 Å². The summed E-state index contributed by atoms with van der Waals surface area (Å²) in [6.07, 6.45) is 0. The lowest BCUT2D eigenvalue weighted by molar-refractivity contribution is -0.168. The summed E-state index contributed by atoms with van der Waals surface area (Å²) in [4.78, 5) is 24.9. The molecule has 0 amide bonds. The van der Waals surface area contributed by atoms with E-state index >= 15 is 0 Å². The number of anilines is 2. The van der Waals surface area contributed by atoms with Crippen molar-refractivity contribution in [3.05, 3.63) is 59.7 Å². The van der Waals surface area contributed by atoms with Gasteiger partial charge in [0.15, 0.2) is 0 Å². The maximum absolute atomic E-state index is 12.4. The van der Waals surface area contributed by atoms with Gasteiger partial charge in [0.25, 0.3) is 0 Å². The number of carbonyl (C=O) groups is 2. The van der Waals surface area contributed by atoms with Crippen molar-refractivity contribution in [1.82, 2.24) is 0 Å². The molecule has 0 spiro atoms. The Kier molecular flexibility index (Phi) is 4.84. The zero-order chi connectivity index (χ0) is 18.8. The second-order valence-corrected chi connectivity index (χ2v) is 6.48. The number of hydrogen-bond donors (Lipinski definition) is 2. The highest BCUT2D eigenvalue weighted by molar-refractivity contribution is 5.87. The molecule has 0 radical (unpaired) electrons. The van der Waals surface area contributed by atoms with E-state index in [1.807, 2.05) is 24.3 Å². The Balaban J connectivity index is 2.08. The van der Waals surface area contributed by atoms with Crippen LogP contribution < -0.4 is 11.5 Å². The van der Waals surface area contributed by atoms with Crippen molar-refractivity contribution in [3.8, 4) is 0 Å². The minimum atomic E-state index is -0.612. The van der Waals surface area contributed by atoms with Gasteiger partial charge in [-0.05, 0) is 35.4 Å². The van der Waals surface area contributed by atoms with Crippen molar-refractivity contribution in [2.75, 3.05) is 25.7 Å². The van der Waals surface area contributed by atoms with E-state index < -0.39 is 23.8 Å². The van der Waals surface area contributed by atoms with E-state index in [0.29, 0.717) is 11.4 Å². The molecule has 0 unspecified atom stereocenters. The van der Waals surface area contributed by atoms with Crippen molar-refractivity contribution in [1.29, 1.82) is 0 Å². The molecule has 0 bridgehead atoms. The monoisotopic (exact) mass is 354 g/mol. The van der Waals surface area contributed by atoms with Gasteiger partial charge in [-0.2, -0.15) is 0 Å². The lowest BCUT2D eigenvalue weighted by Gasteiger charge is -2.49. The fraction of sp³-hybridized carbons (Fsp3) is 0.300. The number of ether oxygens (including phenoxy) is 2. The standard InChI is InChI=1S/C20H22N2O4/c1-25-19(23)17-15(11-3-7-13(21)8-4-11)16(18(17)20(24)26-2)12-5-9-14(22)10-6-12/h3-10,15-18H,21-22H2,1-2H3/t15-,16+,17+,18-. The van der Waals surface area contributed by atoms with Crippen molar-refractivity contribution < 1.29 is 19.1 Å². The van der Waals surface area contributed by atoms with E-state index in [0.717, 1.165) is 11.1 Å². The molecule has 2 aromatic rings. The van der Waals surface area contributed by atoms with Crippen LogP contribution in [0.3, 0.4) is 0 Å². The number of esters is 2. The van der Waals surface area contributed by atoms with E-state index in [1.165, 1.54) is 14.2 Å². The first kappa shape index (κ1) is 17.8. The lowest BCUT2D eigenvalue weighted by atomic mass is 9.52. The van der Waals surface area contributed by atoms with Crippen LogP contribution in [0.15, 0.2) is 48.5 Å². The van der Waals surface area contributed by atoms with Crippen LogP contribution in [-0.2, 0) is 19.1 Å². The third-order valence-corrected chi connectivity index (χ3v) is 5.14. The van der Waals surface area contributed by atoms with E-state index in [4.69, 9.17) is 20.9 Å². The molecule has 3 rings (SSSR count). The SMILES string of the molecule is COC(=O)[C@@H]1[C@H](C(=O)OC)[C@@H](c2ccc(N)cc2)[C@H]1c1ccc(N)cc1. The number of methoxy groups -OCH3 is 2. The quantitative estimate of drug-likeness (QED) is 0.645. The summed E-state index contributed by atoms with van der Waals surface area (Å²) < 4.78 is 9.93.